The van der Waals surface area contributed by atoms with Gasteiger partial charge >= 0.3 is 5.42 Å². The van der Waals surface area contributed by atoms with Gasteiger partial charge < -0.3 is 4.74 Å². The Hall–Kier alpha value is -3.02. The van der Waals surface area contributed by atoms with Crippen molar-refractivity contribution >= 4 is 32.6 Å². The molecule has 3 aromatic carbocycles. The fourth-order valence-electron chi connectivity index (χ4n) is 4.76. The molecule has 4 rings (SSSR count). The highest BCUT2D eigenvalue weighted by atomic mass is 32.2. The molecule has 1 fully saturated rings. The first-order valence-electron chi connectivity index (χ1n) is 10.6. The zero-order valence-corrected chi connectivity index (χ0v) is 19.7. The molecular formula is C22H8BF15OS. The Morgan fingerprint density at radius 3 is 0.775 bits per heavy atom. The van der Waals surface area contributed by atoms with Crippen LogP contribution in [0, 0.1) is 87.3 Å². The van der Waals surface area contributed by atoms with Crippen molar-refractivity contribution in [3.63, 3.8) is 0 Å². The summed E-state index contributed by atoms with van der Waals surface area (Å²) in [5.74, 6) is -46.5. The molecule has 3 aromatic rings. The quantitative estimate of drug-likeness (QED) is 0.139. The SMILES string of the molecule is Fc1c(F)c(F)c([B-](c2c(F)c(F)c(F)c(F)c2F)(c2c(F)c(F)c(F)c(F)c2F)[S+]2CCOCC2)c(F)c1F. The van der Waals surface area contributed by atoms with Crippen LogP contribution < -0.4 is 16.4 Å². The molecule has 0 aromatic heterocycles. The second-order valence-corrected chi connectivity index (χ2v) is 10.9. The van der Waals surface area contributed by atoms with Crippen LogP contribution in [-0.2, 0) is 15.5 Å². The molecule has 0 amide bonds. The lowest BCUT2D eigenvalue weighted by atomic mass is 9.33. The van der Waals surface area contributed by atoms with E-state index in [1.807, 2.05) is 0 Å². The fraction of sp³-hybridized carbons (Fsp3) is 0.182. The van der Waals surface area contributed by atoms with Gasteiger partial charge in [-0.15, -0.1) is 0 Å². The van der Waals surface area contributed by atoms with Gasteiger partial charge in [-0.25, -0.2) is 76.6 Å². The van der Waals surface area contributed by atoms with Crippen LogP contribution >= 0.6 is 0 Å². The van der Waals surface area contributed by atoms with E-state index in [1.54, 1.807) is 0 Å². The Balaban J connectivity index is 2.47. The average Bonchev–Trinajstić information content (AvgIpc) is 2.95. The predicted molar refractivity (Wildman–Crippen MR) is 111 cm³/mol. The minimum absolute atomic E-state index is 0.660. The Morgan fingerprint density at radius 1 is 0.350 bits per heavy atom. The highest BCUT2D eigenvalue weighted by Gasteiger charge is 2.59. The summed E-state index contributed by atoms with van der Waals surface area (Å²) in [5.41, 5.74) is -13.2. The highest BCUT2D eigenvalue weighted by Crippen LogP contribution is 2.32. The van der Waals surface area contributed by atoms with Crippen LogP contribution in [-0.4, -0.2) is 30.1 Å². The Labute approximate surface area is 215 Å². The van der Waals surface area contributed by atoms with E-state index in [0.29, 0.717) is 0 Å². The van der Waals surface area contributed by atoms with E-state index >= 15 is 26.3 Å². The summed E-state index contributed by atoms with van der Waals surface area (Å²) < 4.78 is 225. The van der Waals surface area contributed by atoms with E-state index in [4.69, 9.17) is 4.74 Å². The molecule has 0 radical (unpaired) electrons. The fourth-order valence-corrected chi connectivity index (χ4v) is 7.95. The monoisotopic (exact) mass is 616 g/mol. The second kappa shape index (κ2) is 10.4. The summed E-state index contributed by atoms with van der Waals surface area (Å²) in [5, 5.41) is 0. The maximum atomic E-state index is 15.4. The third-order valence-electron chi connectivity index (χ3n) is 6.43. The van der Waals surface area contributed by atoms with E-state index in [0.717, 1.165) is 0 Å². The zero-order chi connectivity index (χ0) is 30.0. The lowest BCUT2D eigenvalue weighted by Crippen LogP contribution is -2.79. The molecule has 1 aliphatic heterocycles. The summed E-state index contributed by atoms with van der Waals surface area (Å²) >= 11 is 0. The third-order valence-corrected chi connectivity index (χ3v) is 9.52. The zero-order valence-electron chi connectivity index (χ0n) is 18.9. The van der Waals surface area contributed by atoms with Crippen molar-refractivity contribution < 1.29 is 70.6 Å². The van der Waals surface area contributed by atoms with Gasteiger partial charge in [-0.05, 0) is 0 Å². The summed E-state index contributed by atoms with van der Waals surface area (Å²) in [4.78, 5) is 0. The van der Waals surface area contributed by atoms with E-state index in [9.17, 15) is 39.5 Å². The maximum absolute atomic E-state index is 15.4. The van der Waals surface area contributed by atoms with Crippen molar-refractivity contribution in [3.05, 3.63) is 87.3 Å². The molecule has 1 heterocycles. The normalized spacial score (nSPS) is 14.8. The van der Waals surface area contributed by atoms with Crippen molar-refractivity contribution in [2.45, 2.75) is 0 Å². The molecular weight excluding hydrogens is 608 g/mol. The van der Waals surface area contributed by atoms with E-state index < -0.39 is 145 Å². The van der Waals surface area contributed by atoms with Crippen LogP contribution in [0.4, 0.5) is 65.9 Å². The Morgan fingerprint density at radius 2 is 0.550 bits per heavy atom. The third kappa shape index (κ3) is 3.96. The second-order valence-electron chi connectivity index (χ2n) is 8.30. The topological polar surface area (TPSA) is 9.23 Å². The maximum Gasteiger partial charge on any atom is 0.320 e. The Kier molecular flexibility index (Phi) is 7.81. The first-order valence-corrected chi connectivity index (χ1v) is 12.2. The number of hydrogen-bond donors (Lipinski definition) is 0. The van der Waals surface area contributed by atoms with Gasteiger partial charge in [0, 0.05) is 0 Å². The molecule has 0 aliphatic carbocycles. The van der Waals surface area contributed by atoms with Crippen LogP contribution in [0.2, 0.25) is 0 Å². The minimum atomic E-state index is -5.49. The summed E-state index contributed by atoms with van der Waals surface area (Å²) in [6.07, 6.45) is 0. The van der Waals surface area contributed by atoms with Gasteiger partial charge in [-0.1, -0.05) is 16.4 Å². The van der Waals surface area contributed by atoms with Crippen LogP contribution in [0.15, 0.2) is 0 Å². The van der Waals surface area contributed by atoms with Crippen molar-refractivity contribution in [1.82, 2.24) is 0 Å². The van der Waals surface area contributed by atoms with E-state index in [2.05, 4.69) is 0 Å². The van der Waals surface area contributed by atoms with Crippen LogP contribution in [0.3, 0.4) is 0 Å². The first kappa shape index (κ1) is 30.0. The van der Waals surface area contributed by atoms with E-state index in [-0.39, 0.29) is 0 Å². The predicted octanol–water partition coefficient (Wildman–Crippen LogP) is 4.39. The number of rotatable bonds is 4. The van der Waals surface area contributed by atoms with Gasteiger partial charge in [0.25, 0.3) is 0 Å². The lowest BCUT2D eigenvalue weighted by molar-refractivity contribution is 0.160. The first-order chi connectivity index (χ1) is 18.6. The number of benzene rings is 3. The lowest BCUT2D eigenvalue weighted by Gasteiger charge is -2.43. The largest absolute Gasteiger partial charge is 0.372 e. The van der Waals surface area contributed by atoms with Gasteiger partial charge in [-0.2, -0.15) is 0 Å². The summed E-state index contributed by atoms with van der Waals surface area (Å²) in [6.45, 7) is -1.32. The van der Waals surface area contributed by atoms with Gasteiger partial charge in [0.1, 0.15) is 34.9 Å². The molecule has 0 bridgehead atoms. The van der Waals surface area contributed by atoms with Crippen LogP contribution in [0.25, 0.3) is 0 Å². The average molecular weight is 616 g/mol. The van der Waals surface area contributed by atoms with Crippen molar-refractivity contribution in [1.29, 1.82) is 0 Å². The number of ether oxygens (including phenoxy) is 1. The molecule has 0 unspecified atom stereocenters. The Bertz CT molecular complexity index is 1300. The standard InChI is InChI=1S/C22H8BF15OS/c24-8-5(9(25)15(31)20(36)14(8)30)23(40-3-1-39-2-4-40,6-10(26)16(32)21(37)17(33)11(6)27)7-12(28)18(34)22(38)19(35)13(7)29/h1-4H2. The molecule has 0 saturated carbocycles. The van der Waals surface area contributed by atoms with Gasteiger partial charge in [-0.3, -0.25) is 0 Å². The van der Waals surface area contributed by atoms with Crippen molar-refractivity contribution in [2.24, 2.45) is 0 Å². The molecule has 18 heteroatoms. The van der Waals surface area contributed by atoms with Gasteiger partial charge in [0.15, 0.2) is 52.4 Å². The van der Waals surface area contributed by atoms with Crippen molar-refractivity contribution in [3.8, 4) is 0 Å². The highest BCUT2D eigenvalue weighted by molar-refractivity contribution is 8.30. The molecule has 1 nitrogen and oxygen atoms in total. The molecule has 1 saturated heterocycles. The van der Waals surface area contributed by atoms with Gasteiger partial charge in [0.2, 0.25) is 0 Å². The van der Waals surface area contributed by atoms with Crippen LogP contribution in [0.1, 0.15) is 0 Å². The molecule has 0 N–H and O–H groups in total. The number of hydrogen-bond acceptors (Lipinski definition) is 1. The van der Waals surface area contributed by atoms with E-state index in [1.165, 1.54) is 0 Å². The molecule has 216 valence electrons. The van der Waals surface area contributed by atoms with Crippen molar-refractivity contribution in [2.75, 3.05) is 24.7 Å². The number of halogens is 15. The molecule has 0 atom stereocenters. The molecule has 40 heavy (non-hydrogen) atoms. The smallest absolute Gasteiger partial charge is 0.320 e. The summed E-state index contributed by atoms with van der Waals surface area (Å²) in [7, 11) is -2.69. The molecule has 1 aliphatic rings. The van der Waals surface area contributed by atoms with Crippen LogP contribution in [0.5, 0.6) is 0 Å². The summed E-state index contributed by atoms with van der Waals surface area (Å²) in [6, 6.07) is 0. The minimum Gasteiger partial charge on any atom is -0.372 e. The van der Waals surface area contributed by atoms with Gasteiger partial charge in [0.05, 0.1) is 24.7 Å². The molecule has 0 spiro atoms.